The predicted octanol–water partition coefficient (Wildman–Crippen LogP) is 5.20. The Labute approximate surface area is 361 Å². The molecule has 0 aliphatic carbocycles. The Balaban J connectivity index is 0.00000113. The van der Waals surface area contributed by atoms with Crippen molar-refractivity contribution in [2.24, 2.45) is 5.41 Å². The van der Waals surface area contributed by atoms with Gasteiger partial charge in [0.1, 0.15) is 36.3 Å². The van der Waals surface area contributed by atoms with Crippen LogP contribution < -0.4 is 21.3 Å². The first-order valence-electron chi connectivity index (χ1n) is 21.5. The SMILES string of the molecule is CCCC(NC(=O)C(C)NC)C(=O)N1CC(F)CC1Cn1c(-c2[nH]c3cc(F)ccc3c2CC2CC(F)CN2C(=O)C(NC)C(C)(C)C)nc2cc(F)ccc21.CNC(C)C=O. The second-order valence-electron chi connectivity index (χ2n) is 17.7. The molecule has 340 valence electrons. The highest BCUT2D eigenvalue weighted by molar-refractivity contribution is 5.92. The second kappa shape index (κ2) is 20.5. The fourth-order valence-corrected chi connectivity index (χ4v) is 8.52. The predicted molar refractivity (Wildman–Crippen MR) is 233 cm³/mol. The zero-order valence-electron chi connectivity index (χ0n) is 37.3. The van der Waals surface area contributed by atoms with Gasteiger partial charge in [0.15, 0.2) is 5.82 Å². The molecule has 8 atom stereocenters. The smallest absolute Gasteiger partial charge is 0.245 e. The topological polar surface area (TPSA) is 156 Å². The third kappa shape index (κ3) is 10.8. The quantitative estimate of drug-likeness (QED) is 0.0807. The van der Waals surface area contributed by atoms with Gasteiger partial charge in [-0.05, 0) is 89.1 Å². The maximum atomic E-state index is 15.4. The van der Waals surface area contributed by atoms with Crippen LogP contribution in [0.2, 0.25) is 0 Å². The van der Waals surface area contributed by atoms with Crippen LogP contribution in [0.25, 0.3) is 33.5 Å². The number of hydrogen-bond acceptors (Lipinski definition) is 8. The van der Waals surface area contributed by atoms with Crippen molar-refractivity contribution in [3.8, 4) is 11.5 Å². The minimum atomic E-state index is -1.32. The van der Waals surface area contributed by atoms with E-state index in [9.17, 15) is 28.0 Å². The summed E-state index contributed by atoms with van der Waals surface area (Å²) in [5.41, 5.74) is 1.96. The lowest BCUT2D eigenvalue weighted by atomic mass is 9.85. The van der Waals surface area contributed by atoms with Gasteiger partial charge in [0, 0.05) is 42.4 Å². The van der Waals surface area contributed by atoms with Gasteiger partial charge < -0.3 is 45.4 Å². The molecule has 2 aliphatic rings. The standard InChI is InChI=1S/C41H54F4N8O3.C4H9NO/c1-8-9-31(50-38(54)22(2)46-6)39(55)52-20-26(45)15-28(52)21-53-34-13-11-24(43)17-33(34)49-37(53)35-30(29-12-10-23(42)16-32(29)48-35)18-27-14-25(44)19-51(27)40(56)36(47-7)41(3,4)5;1-4(3-6)5-2/h10-13,16-17,22,25-28,31,36,46-48H,8-9,14-15,18-21H2,1-7H3,(H,50,54);3-5H,1-2H3. The molecule has 8 unspecified atom stereocenters. The zero-order valence-corrected chi connectivity index (χ0v) is 37.3. The summed E-state index contributed by atoms with van der Waals surface area (Å²) in [6.45, 7) is 11.1. The maximum absolute atomic E-state index is 15.4. The third-order valence-electron chi connectivity index (χ3n) is 12.0. The summed E-state index contributed by atoms with van der Waals surface area (Å²) < 4.78 is 61.9. The molecular formula is C45H63F4N9O4. The lowest BCUT2D eigenvalue weighted by molar-refractivity contribution is -0.138. The number of nitrogens with one attached hydrogen (secondary N) is 5. The number of aromatic nitrogens is 3. The van der Waals surface area contributed by atoms with Crippen LogP contribution in [0.5, 0.6) is 0 Å². The van der Waals surface area contributed by atoms with E-state index in [1.54, 1.807) is 52.0 Å². The van der Waals surface area contributed by atoms with Gasteiger partial charge in [-0.15, -0.1) is 0 Å². The molecule has 2 aliphatic heterocycles. The number of aldehydes is 1. The lowest BCUT2D eigenvalue weighted by Crippen LogP contribution is -2.53. The average Bonchev–Trinajstić information content (AvgIpc) is 3.98. The number of halogens is 4. The number of likely N-dealkylation sites (N-methyl/N-ethyl adjacent to an activating group) is 3. The number of benzene rings is 2. The van der Waals surface area contributed by atoms with Gasteiger partial charge in [-0.2, -0.15) is 0 Å². The lowest BCUT2D eigenvalue weighted by Gasteiger charge is -2.35. The molecule has 3 amide bonds. The van der Waals surface area contributed by atoms with Crippen LogP contribution in [0.3, 0.4) is 0 Å². The summed E-state index contributed by atoms with van der Waals surface area (Å²) in [6.07, 6.45) is -0.423. The third-order valence-corrected chi connectivity index (χ3v) is 12.0. The van der Waals surface area contributed by atoms with Gasteiger partial charge in [0.25, 0.3) is 0 Å². The second-order valence-corrected chi connectivity index (χ2v) is 17.7. The minimum absolute atomic E-state index is 0.00463. The first kappa shape index (κ1) is 48.2. The molecule has 6 rings (SSSR count). The number of carbonyl (C=O) groups is 4. The number of fused-ring (bicyclic) bond motifs is 2. The van der Waals surface area contributed by atoms with E-state index in [1.807, 2.05) is 32.3 Å². The van der Waals surface area contributed by atoms with Crippen LogP contribution >= 0.6 is 0 Å². The van der Waals surface area contributed by atoms with Crippen molar-refractivity contribution in [1.29, 1.82) is 0 Å². The molecule has 2 saturated heterocycles. The number of H-pyrrole nitrogens is 1. The van der Waals surface area contributed by atoms with Crippen LogP contribution in [0, 0.1) is 17.0 Å². The van der Waals surface area contributed by atoms with Gasteiger partial charge in [0.05, 0.1) is 54.0 Å². The highest BCUT2D eigenvalue weighted by Crippen LogP contribution is 2.38. The van der Waals surface area contributed by atoms with Crippen LogP contribution in [0.4, 0.5) is 17.6 Å². The Hall–Kier alpha value is -4.87. The summed E-state index contributed by atoms with van der Waals surface area (Å²) in [5, 5.41) is 12.2. The van der Waals surface area contributed by atoms with E-state index in [4.69, 9.17) is 4.98 Å². The summed E-state index contributed by atoms with van der Waals surface area (Å²) in [5.74, 6) is -1.62. The number of likely N-dealkylation sites (tertiary alicyclic amines) is 2. The van der Waals surface area contributed by atoms with Gasteiger partial charge in [-0.3, -0.25) is 14.4 Å². The Kier molecular flexibility index (Phi) is 16.0. The largest absolute Gasteiger partial charge is 0.352 e. The Morgan fingerprint density at radius 1 is 0.903 bits per heavy atom. The molecular weight excluding hydrogens is 807 g/mol. The van der Waals surface area contributed by atoms with Gasteiger partial charge >= 0.3 is 0 Å². The fraction of sp³-hybridized carbons (Fsp3) is 0.578. The normalized spacial score (nSPS) is 21.1. The van der Waals surface area contributed by atoms with Crippen molar-refractivity contribution in [2.45, 2.75) is 129 Å². The van der Waals surface area contributed by atoms with Gasteiger partial charge in [-0.1, -0.05) is 34.1 Å². The van der Waals surface area contributed by atoms with Crippen molar-refractivity contribution >= 4 is 45.9 Å². The summed E-state index contributed by atoms with van der Waals surface area (Å²) >= 11 is 0. The molecule has 13 nitrogen and oxygen atoms in total. The molecule has 2 aromatic heterocycles. The Morgan fingerprint density at radius 2 is 1.53 bits per heavy atom. The average molecular weight is 870 g/mol. The van der Waals surface area contributed by atoms with Crippen molar-refractivity contribution in [3.05, 3.63) is 53.6 Å². The first-order valence-corrected chi connectivity index (χ1v) is 21.5. The van der Waals surface area contributed by atoms with E-state index in [1.165, 1.54) is 29.2 Å². The molecule has 2 fully saturated rings. The van der Waals surface area contributed by atoms with Crippen molar-refractivity contribution < 1.29 is 36.7 Å². The van der Waals surface area contributed by atoms with Gasteiger partial charge in [0.2, 0.25) is 17.7 Å². The first-order chi connectivity index (χ1) is 29.3. The van der Waals surface area contributed by atoms with E-state index < -0.39 is 65.5 Å². The molecule has 0 radical (unpaired) electrons. The monoisotopic (exact) mass is 869 g/mol. The van der Waals surface area contributed by atoms with Crippen molar-refractivity contribution in [2.75, 3.05) is 34.2 Å². The van der Waals surface area contributed by atoms with Crippen LogP contribution in [0.1, 0.15) is 72.8 Å². The number of carbonyl (C=O) groups excluding carboxylic acids is 4. The molecule has 0 bridgehead atoms. The number of alkyl halides is 2. The summed E-state index contributed by atoms with van der Waals surface area (Å²) in [7, 11) is 5.10. The molecule has 5 N–H and O–H groups in total. The molecule has 4 heterocycles. The summed E-state index contributed by atoms with van der Waals surface area (Å²) in [6, 6.07) is 5.31. The number of amides is 3. The molecule has 17 heteroatoms. The van der Waals surface area contributed by atoms with E-state index in [2.05, 4.69) is 26.3 Å². The van der Waals surface area contributed by atoms with E-state index >= 15 is 8.78 Å². The molecule has 62 heavy (non-hydrogen) atoms. The maximum Gasteiger partial charge on any atom is 0.245 e. The fourth-order valence-electron chi connectivity index (χ4n) is 8.52. The number of nitrogens with zero attached hydrogens (tertiary/aromatic N) is 4. The molecule has 4 aromatic rings. The Morgan fingerprint density at radius 3 is 2.11 bits per heavy atom. The highest BCUT2D eigenvalue weighted by atomic mass is 19.1. The summed E-state index contributed by atoms with van der Waals surface area (Å²) in [4.78, 5) is 61.9. The van der Waals surface area contributed by atoms with Crippen LogP contribution in [-0.4, -0.2) is 131 Å². The van der Waals surface area contributed by atoms with Crippen LogP contribution in [0.15, 0.2) is 36.4 Å². The molecule has 0 saturated carbocycles. The molecule has 2 aromatic carbocycles. The van der Waals surface area contributed by atoms with E-state index in [0.717, 1.165) is 6.29 Å². The van der Waals surface area contributed by atoms with E-state index in [-0.39, 0.29) is 56.8 Å². The minimum Gasteiger partial charge on any atom is -0.352 e. The van der Waals surface area contributed by atoms with Crippen molar-refractivity contribution in [1.82, 2.24) is 45.6 Å². The number of hydrogen-bond donors (Lipinski definition) is 5. The van der Waals surface area contributed by atoms with Crippen LogP contribution in [-0.2, 0) is 32.1 Å². The zero-order chi connectivity index (χ0) is 45.6. The van der Waals surface area contributed by atoms with E-state index in [0.29, 0.717) is 51.9 Å². The number of imidazole rings is 1. The number of rotatable bonds is 15. The molecule has 0 spiro atoms. The Bertz CT molecular complexity index is 2210. The highest BCUT2D eigenvalue weighted by Gasteiger charge is 2.43. The van der Waals surface area contributed by atoms with Gasteiger partial charge in [-0.25, -0.2) is 22.5 Å². The number of aromatic amines is 1. The van der Waals surface area contributed by atoms with Crippen molar-refractivity contribution in [3.63, 3.8) is 0 Å².